The van der Waals surface area contributed by atoms with Crippen molar-refractivity contribution in [3.8, 4) is 11.8 Å². The highest BCUT2D eigenvalue weighted by Gasteiger charge is 2.24. The van der Waals surface area contributed by atoms with Gasteiger partial charge < -0.3 is 4.74 Å². The fourth-order valence-electron chi connectivity index (χ4n) is 3.99. The van der Waals surface area contributed by atoms with Crippen LogP contribution < -0.4 is 4.74 Å². The molecule has 4 aromatic carbocycles. The van der Waals surface area contributed by atoms with Crippen molar-refractivity contribution in [3.63, 3.8) is 0 Å². The van der Waals surface area contributed by atoms with Gasteiger partial charge in [-0.3, -0.25) is 0 Å². The van der Waals surface area contributed by atoms with Gasteiger partial charge in [-0.2, -0.15) is 5.26 Å². The van der Waals surface area contributed by atoms with E-state index in [1.165, 1.54) is 5.56 Å². The van der Waals surface area contributed by atoms with Crippen LogP contribution in [-0.2, 0) is 10.2 Å². The molecule has 0 amide bonds. The van der Waals surface area contributed by atoms with Crippen molar-refractivity contribution >= 4 is 11.5 Å². The summed E-state index contributed by atoms with van der Waals surface area (Å²) in [5.74, 6) is -0.286. The van der Waals surface area contributed by atoms with Gasteiger partial charge in [0.15, 0.2) is 0 Å². The molecule has 0 aliphatic rings. The van der Waals surface area contributed by atoms with Crippen LogP contribution in [0.5, 0.6) is 5.75 Å². The van der Waals surface area contributed by atoms with Gasteiger partial charge in [0.2, 0.25) is 0 Å². The second kappa shape index (κ2) is 10.0. The molecular formula is C31H25NO2. The Labute approximate surface area is 200 Å². The molecule has 3 nitrogen and oxygen atoms in total. The summed E-state index contributed by atoms with van der Waals surface area (Å²) >= 11 is 0. The van der Waals surface area contributed by atoms with Crippen LogP contribution in [-0.4, -0.2) is 5.97 Å². The topological polar surface area (TPSA) is 50.1 Å². The zero-order chi connectivity index (χ0) is 24.0. The third-order valence-corrected chi connectivity index (χ3v) is 5.97. The van der Waals surface area contributed by atoms with Crippen LogP contribution in [0.25, 0.3) is 5.57 Å². The Morgan fingerprint density at radius 3 is 1.59 bits per heavy atom. The van der Waals surface area contributed by atoms with Crippen LogP contribution in [0.3, 0.4) is 0 Å². The first-order valence-electron chi connectivity index (χ1n) is 11.1. The van der Waals surface area contributed by atoms with Gasteiger partial charge in [0.25, 0.3) is 0 Å². The average molecular weight is 444 g/mol. The fourth-order valence-corrected chi connectivity index (χ4v) is 3.99. The number of esters is 1. The minimum Gasteiger partial charge on any atom is -0.422 e. The Hall–Kier alpha value is -4.42. The third-order valence-electron chi connectivity index (χ3n) is 5.97. The lowest BCUT2D eigenvalue weighted by Crippen LogP contribution is -2.18. The summed E-state index contributed by atoms with van der Waals surface area (Å²) in [7, 11) is 0. The molecule has 0 bridgehead atoms. The highest BCUT2D eigenvalue weighted by molar-refractivity contribution is 6.06. The maximum Gasteiger partial charge on any atom is 0.354 e. The molecule has 0 aromatic heterocycles. The molecule has 0 fully saturated rings. The Bertz CT molecular complexity index is 1290. The lowest BCUT2D eigenvalue weighted by atomic mass is 9.78. The van der Waals surface area contributed by atoms with Crippen LogP contribution >= 0.6 is 0 Å². The molecule has 0 saturated heterocycles. The van der Waals surface area contributed by atoms with Gasteiger partial charge in [0, 0.05) is 11.0 Å². The number of carbonyl (C=O) groups is 1. The molecule has 3 heteroatoms. The number of nitriles is 1. The summed E-state index contributed by atoms with van der Waals surface area (Å²) in [5.41, 5.74) is 4.18. The largest absolute Gasteiger partial charge is 0.422 e. The summed E-state index contributed by atoms with van der Waals surface area (Å²) in [4.78, 5) is 13.1. The van der Waals surface area contributed by atoms with Crippen molar-refractivity contribution in [2.75, 3.05) is 0 Å². The molecule has 0 N–H and O–H groups in total. The minimum absolute atomic E-state index is 0.0360. The van der Waals surface area contributed by atoms with E-state index in [1.54, 1.807) is 12.1 Å². The molecule has 4 aromatic rings. The number of ether oxygens (including phenoxy) is 1. The zero-order valence-electron chi connectivity index (χ0n) is 19.2. The summed E-state index contributed by atoms with van der Waals surface area (Å²) in [6.45, 7) is 4.32. The standard InChI is InChI=1S/C31H25NO2/c1-31(2,25-16-10-5-11-17-25)26-18-20-27(21-19-26)34-30(33)28(22-32)29(23-12-6-3-7-13-23)24-14-8-4-9-15-24/h3-21H,1-2H3. The Balaban J connectivity index is 1.65. The van der Waals surface area contributed by atoms with Crippen molar-refractivity contribution in [1.82, 2.24) is 0 Å². The number of hydrogen-bond donors (Lipinski definition) is 0. The summed E-state index contributed by atoms with van der Waals surface area (Å²) in [6, 6.07) is 38.7. The van der Waals surface area contributed by atoms with Gasteiger partial charge in [-0.25, -0.2) is 4.79 Å². The molecule has 0 spiro atoms. The first-order chi connectivity index (χ1) is 16.5. The quantitative estimate of drug-likeness (QED) is 0.140. The number of benzene rings is 4. The predicted molar refractivity (Wildman–Crippen MR) is 135 cm³/mol. The van der Waals surface area contributed by atoms with E-state index in [9.17, 15) is 10.1 Å². The molecule has 0 aliphatic carbocycles. The van der Waals surface area contributed by atoms with Gasteiger partial charge in [-0.1, -0.05) is 117 Å². The van der Waals surface area contributed by atoms with Gasteiger partial charge in [0.05, 0.1) is 0 Å². The van der Waals surface area contributed by atoms with Gasteiger partial charge in [-0.05, 0) is 34.4 Å². The van der Waals surface area contributed by atoms with Crippen molar-refractivity contribution in [2.24, 2.45) is 0 Å². The normalized spacial score (nSPS) is 10.7. The lowest BCUT2D eigenvalue weighted by molar-refractivity contribution is -0.129. The van der Waals surface area contributed by atoms with E-state index in [2.05, 4.69) is 32.0 Å². The molecule has 0 heterocycles. The van der Waals surface area contributed by atoms with Crippen LogP contribution in [0.15, 0.2) is 121 Å². The first-order valence-corrected chi connectivity index (χ1v) is 11.1. The summed E-state index contributed by atoms with van der Waals surface area (Å²) in [6.07, 6.45) is 0. The third kappa shape index (κ3) is 4.82. The molecule has 0 saturated carbocycles. The Morgan fingerprint density at radius 1 is 0.676 bits per heavy atom. The Kier molecular flexibility index (Phi) is 6.71. The minimum atomic E-state index is -0.680. The van der Waals surface area contributed by atoms with Crippen molar-refractivity contribution in [3.05, 3.63) is 143 Å². The molecule has 0 atom stereocenters. The second-order valence-electron chi connectivity index (χ2n) is 8.50. The molecule has 166 valence electrons. The highest BCUT2D eigenvalue weighted by atomic mass is 16.5. The van der Waals surface area contributed by atoms with E-state index in [0.29, 0.717) is 11.3 Å². The fraction of sp³-hybridized carbons (Fsp3) is 0.0968. The maximum atomic E-state index is 13.1. The number of carbonyl (C=O) groups excluding carboxylic acids is 1. The van der Waals surface area contributed by atoms with E-state index in [-0.39, 0.29) is 11.0 Å². The Morgan fingerprint density at radius 2 is 1.12 bits per heavy atom. The maximum absolute atomic E-state index is 13.1. The van der Waals surface area contributed by atoms with E-state index in [4.69, 9.17) is 4.74 Å². The number of hydrogen-bond acceptors (Lipinski definition) is 3. The molecule has 34 heavy (non-hydrogen) atoms. The van der Waals surface area contributed by atoms with Gasteiger partial charge in [-0.15, -0.1) is 0 Å². The molecule has 0 aliphatic heterocycles. The smallest absolute Gasteiger partial charge is 0.354 e. The van der Waals surface area contributed by atoms with Gasteiger partial charge >= 0.3 is 5.97 Å². The highest BCUT2D eigenvalue weighted by Crippen LogP contribution is 2.33. The van der Waals surface area contributed by atoms with Crippen molar-refractivity contribution in [1.29, 1.82) is 5.26 Å². The van der Waals surface area contributed by atoms with E-state index < -0.39 is 5.97 Å². The number of nitrogens with zero attached hydrogens (tertiary/aromatic N) is 1. The molecule has 0 radical (unpaired) electrons. The average Bonchev–Trinajstić information content (AvgIpc) is 2.89. The van der Waals surface area contributed by atoms with Gasteiger partial charge in [0.1, 0.15) is 17.4 Å². The summed E-state index contributed by atoms with van der Waals surface area (Å²) < 4.78 is 5.65. The van der Waals surface area contributed by atoms with E-state index in [0.717, 1.165) is 16.7 Å². The van der Waals surface area contributed by atoms with E-state index >= 15 is 0 Å². The van der Waals surface area contributed by atoms with Crippen LogP contribution in [0, 0.1) is 11.3 Å². The van der Waals surface area contributed by atoms with Crippen LogP contribution in [0.1, 0.15) is 36.1 Å². The second-order valence-corrected chi connectivity index (χ2v) is 8.50. The zero-order valence-corrected chi connectivity index (χ0v) is 19.2. The van der Waals surface area contributed by atoms with Crippen molar-refractivity contribution < 1.29 is 9.53 Å². The predicted octanol–water partition coefficient (Wildman–Crippen LogP) is 6.94. The van der Waals surface area contributed by atoms with E-state index in [1.807, 2.05) is 91.0 Å². The summed E-state index contributed by atoms with van der Waals surface area (Å²) in [5, 5.41) is 9.94. The molecular weight excluding hydrogens is 418 g/mol. The number of rotatable bonds is 6. The molecule has 0 unspecified atom stereocenters. The first kappa shape index (κ1) is 22.8. The monoisotopic (exact) mass is 443 g/mol. The SMILES string of the molecule is CC(C)(c1ccccc1)c1ccc(OC(=O)C(C#N)=C(c2ccccc2)c2ccccc2)cc1. The molecule has 4 rings (SSSR count). The van der Waals surface area contributed by atoms with Crippen LogP contribution in [0.4, 0.5) is 0 Å². The van der Waals surface area contributed by atoms with Crippen molar-refractivity contribution in [2.45, 2.75) is 19.3 Å². The van der Waals surface area contributed by atoms with Crippen LogP contribution in [0.2, 0.25) is 0 Å². The lowest BCUT2D eigenvalue weighted by Gasteiger charge is -2.26.